The standard InChI is InChI=1S/C11H8Cl2N2S/c12-9-3-2-8(6-10(9)13)7-16-11-14-4-1-5-15-11/h1-6H,7H2. The maximum atomic E-state index is 5.92. The lowest BCUT2D eigenvalue weighted by atomic mass is 10.2. The van der Waals surface area contributed by atoms with Crippen LogP contribution in [0.25, 0.3) is 0 Å². The first-order valence-electron chi connectivity index (χ1n) is 4.59. The van der Waals surface area contributed by atoms with Gasteiger partial charge in [-0.1, -0.05) is 41.0 Å². The molecule has 1 heterocycles. The van der Waals surface area contributed by atoms with Crippen LogP contribution < -0.4 is 0 Å². The SMILES string of the molecule is Clc1ccc(CSc2ncccn2)cc1Cl. The maximum absolute atomic E-state index is 5.92. The van der Waals surface area contributed by atoms with E-state index >= 15 is 0 Å². The zero-order valence-corrected chi connectivity index (χ0v) is 10.6. The highest BCUT2D eigenvalue weighted by Gasteiger charge is 2.01. The second kappa shape index (κ2) is 5.53. The van der Waals surface area contributed by atoms with E-state index in [0.717, 1.165) is 16.5 Å². The minimum absolute atomic E-state index is 0.575. The maximum Gasteiger partial charge on any atom is 0.187 e. The molecule has 0 spiro atoms. The third kappa shape index (κ3) is 3.11. The Kier molecular flexibility index (Phi) is 4.04. The monoisotopic (exact) mass is 270 g/mol. The summed E-state index contributed by atoms with van der Waals surface area (Å²) in [5.41, 5.74) is 1.10. The van der Waals surface area contributed by atoms with Gasteiger partial charge in [-0.15, -0.1) is 0 Å². The van der Waals surface area contributed by atoms with Crippen LogP contribution in [-0.2, 0) is 5.75 Å². The summed E-state index contributed by atoms with van der Waals surface area (Å²) < 4.78 is 0. The number of benzene rings is 1. The third-order valence-corrected chi connectivity index (χ3v) is 3.58. The van der Waals surface area contributed by atoms with Crippen molar-refractivity contribution in [3.05, 3.63) is 52.3 Å². The summed E-state index contributed by atoms with van der Waals surface area (Å²) in [6.07, 6.45) is 3.45. The zero-order valence-electron chi connectivity index (χ0n) is 8.23. The summed E-state index contributed by atoms with van der Waals surface area (Å²) in [5.74, 6) is 0.779. The van der Waals surface area contributed by atoms with Gasteiger partial charge in [-0.3, -0.25) is 0 Å². The topological polar surface area (TPSA) is 25.8 Å². The summed E-state index contributed by atoms with van der Waals surface area (Å²) in [6, 6.07) is 7.40. The average molecular weight is 271 g/mol. The zero-order chi connectivity index (χ0) is 11.4. The Hall–Kier alpha value is -0.770. The molecule has 0 saturated carbocycles. The minimum Gasteiger partial charge on any atom is -0.231 e. The Morgan fingerprint density at radius 2 is 1.81 bits per heavy atom. The molecule has 0 amide bonds. The number of aromatic nitrogens is 2. The molecule has 0 unspecified atom stereocenters. The molecule has 0 aliphatic heterocycles. The van der Waals surface area contributed by atoms with Gasteiger partial charge in [-0.25, -0.2) is 9.97 Å². The highest BCUT2D eigenvalue weighted by atomic mass is 35.5. The van der Waals surface area contributed by atoms with Crippen LogP contribution in [-0.4, -0.2) is 9.97 Å². The van der Waals surface area contributed by atoms with Crippen LogP contribution >= 0.6 is 35.0 Å². The summed E-state index contributed by atoms with van der Waals surface area (Å²) in [4.78, 5) is 8.25. The summed E-state index contributed by atoms with van der Waals surface area (Å²) >= 11 is 13.3. The number of nitrogens with zero attached hydrogens (tertiary/aromatic N) is 2. The molecule has 82 valence electrons. The van der Waals surface area contributed by atoms with Gasteiger partial charge in [0.15, 0.2) is 5.16 Å². The van der Waals surface area contributed by atoms with Crippen LogP contribution in [0.4, 0.5) is 0 Å². The molecule has 0 atom stereocenters. The third-order valence-electron chi connectivity index (χ3n) is 1.89. The summed E-state index contributed by atoms with van der Waals surface area (Å²) in [5, 5.41) is 1.91. The number of rotatable bonds is 3. The molecule has 0 radical (unpaired) electrons. The Morgan fingerprint density at radius 1 is 1.06 bits per heavy atom. The van der Waals surface area contributed by atoms with Crippen LogP contribution in [0.2, 0.25) is 10.0 Å². The van der Waals surface area contributed by atoms with Gasteiger partial charge >= 0.3 is 0 Å². The fourth-order valence-electron chi connectivity index (χ4n) is 1.14. The molecule has 0 saturated heterocycles. The lowest BCUT2D eigenvalue weighted by molar-refractivity contribution is 0.966. The molecular weight excluding hydrogens is 263 g/mol. The molecule has 0 N–H and O–H groups in total. The van der Waals surface area contributed by atoms with Gasteiger partial charge in [-0.2, -0.15) is 0 Å². The van der Waals surface area contributed by atoms with E-state index in [1.807, 2.05) is 12.1 Å². The van der Waals surface area contributed by atoms with Crippen molar-refractivity contribution in [2.45, 2.75) is 10.9 Å². The molecule has 0 fully saturated rings. The van der Waals surface area contributed by atoms with Gasteiger partial charge in [0, 0.05) is 18.1 Å². The normalized spacial score (nSPS) is 10.4. The van der Waals surface area contributed by atoms with E-state index < -0.39 is 0 Å². The van der Waals surface area contributed by atoms with E-state index in [1.165, 1.54) is 0 Å². The van der Waals surface area contributed by atoms with Gasteiger partial charge in [0.25, 0.3) is 0 Å². The summed E-state index contributed by atoms with van der Waals surface area (Å²) in [6.45, 7) is 0. The van der Waals surface area contributed by atoms with Crippen molar-refractivity contribution in [2.75, 3.05) is 0 Å². The van der Waals surface area contributed by atoms with Crippen molar-refractivity contribution < 1.29 is 0 Å². The smallest absolute Gasteiger partial charge is 0.187 e. The van der Waals surface area contributed by atoms with Gasteiger partial charge < -0.3 is 0 Å². The molecule has 0 bridgehead atoms. The van der Waals surface area contributed by atoms with Gasteiger partial charge in [0.1, 0.15) is 0 Å². The van der Waals surface area contributed by atoms with Gasteiger partial charge in [-0.05, 0) is 23.8 Å². The van der Waals surface area contributed by atoms with E-state index in [2.05, 4.69) is 9.97 Å². The fraction of sp³-hybridized carbons (Fsp3) is 0.0909. The van der Waals surface area contributed by atoms with Crippen LogP contribution in [0.3, 0.4) is 0 Å². The number of halogens is 2. The molecule has 5 heteroatoms. The number of hydrogen-bond acceptors (Lipinski definition) is 3. The van der Waals surface area contributed by atoms with Crippen molar-refractivity contribution in [2.24, 2.45) is 0 Å². The lowest BCUT2D eigenvalue weighted by Crippen LogP contribution is -1.86. The van der Waals surface area contributed by atoms with E-state index in [9.17, 15) is 0 Å². The largest absolute Gasteiger partial charge is 0.231 e. The lowest BCUT2D eigenvalue weighted by Gasteiger charge is -2.02. The highest BCUT2D eigenvalue weighted by Crippen LogP contribution is 2.25. The minimum atomic E-state index is 0.575. The number of hydrogen-bond donors (Lipinski definition) is 0. The molecule has 2 rings (SSSR count). The Morgan fingerprint density at radius 3 is 2.50 bits per heavy atom. The molecule has 0 aliphatic carbocycles. The van der Waals surface area contributed by atoms with Crippen molar-refractivity contribution in [1.29, 1.82) is 0 Å². The second-order valence-electron chi connectivity index (χ2n) is 3.07. The Bertz CT molecular complexity index is 477. The van der Waals surface area contributed by atoms with E-state index in [0.29, 0.717) is 10.0 Å². The van der Waals surface area contributed by atoms with Crippen molar-refractivity contribution in [3.63, 3.8) is 0 Å². The summed E-state index contributed by atoms with van der Waals surface area (Å²) in [7, 11) is 0. The first-order chi connectivity index (χ1) is 7.75. The first-order valence-corrected chi connectivity index (χ1v) is 6.33. The van der Waals surface area contributed by atoms with Crippen molar-refractivity contribution in [1.82, 2.24) is 9.97 Å². The van der Waals surface area contributed by atoms with Crippen molar-refractivity contribution in [3.8, 4) is 0 Å². The highest BCUT2D eigenvalue weighted by molar-refractivity contribution is 7.98. The molecule has 1 aromatic heterocycles. The van der Waals surface area contributed by atoms with Crippen LogP contribution in [0, 0.1) is 0 Å². The van der Waals surface area contributed by atoms with Crippen LogP contribution in [0.15, 0.2) is 41.8 Å². The number of thioether (sulfide) groups is 1. The molecule has 1 aromatic carbocycles. The Labute approximate surface area is 108 Å². The quantitative estimate of drug-likeness (QED) is 0.621. The second-order valence-corrected chi connectivity index (χ2v) is 4.83. The van der Waals surface area contributed by atoms with E-state index in [1.54, 1.807) is 36.3 Å². The molecular formula is C11H8Cl2N2S. The van der Waals surface area contributed by atoms with Crippen molar-refractivity contribution >= 4 is 35.0 Å². The molecule has 2 aromatic rings. The predicted octanol–water partition coefficient (Wildman–Crippen LogP) is 4.08. The van der Waals surface area contributed by atoms with E-state index in [-0.39, 0.29) is 0 Å². The molecule has 16 heavy (non-hydrogen) atoms. The van der Waals surface area contributed by atoms with E-state index in [4.69, 9.17) is 23.2 Å². The Balaban J connectivity index is 2.03. The van der Waals surface area contributed by atoms with Gasteiger partial charge in [0.05, 0.1) is 10.0 Å². The molecule has 2 nitrogen and oxygen atoms in total. The fourth-order valence-corrected chi connectivity index (χ4v) is 2.20. The van der Waals surface area contributed by atoms with Gasteiger partial charge in [0.2, 0.25) is 0 Å². The molecule has 0 aliphatic rings. The predicted molar refractivity (Wildman–Crippen MR) is 68.1 cm³/mol. The van der Waals surface area contributed by atoms with Crippen LogP contribution in [0.1, 0.15) is 5.56 Å². The average Bonchev–Trinajstić information content (AvgIpc) is 2.32. The van der Waals surface area contributed by atoms with Crippen LogP contribution in [0.5, 0.6) is 0 Å². The first kappa shape index (κ1) is 11.7.